The molecule has 20 nitrogen and oxygen atoms in total. The lowest BCUT2D eigenvalue weighted by Crippen LogP contribution is -2.64. The molecule has 4 aliphatic rings. The van der Waals surface area contributed by atoms with Crippen molar-refractivity contribution in [2.75, 3.05) is 41.1 Å². The van der Waals surface area contributed by atoms with Crippen LogP contribution >= 0.6 is 0 Å². The highest BCUT2D eigenvalue weighted by Crippen LogP contribution is 2.40. The second kappa shape index (κ2) is 54.0. The zero-order chi connectivity index (χ0) is 79.4. The number of amides is 1. The first-order valence-corrected chi connectivity index (χ1v) is 42.8. The van der Waals surface area contributed by atoms with E-state index in [2.05, 4.69) is 20.4 Å². The minimum atomic E-state index is -2.57. The van der Waals surface area contributed by atoms with Gasteiger partial charge in [0.15, 0.2) is 6.10 Å². The van der Waals surface area contributed by atoms with E-state index in [4.69, 9.17) is 42.6 Å². The Hall–Kier alpha value is -4.86. The lowest BCUT2D eigenvalue weighted by atomic mass is 9.81. The van der Waals surface area contributed by atoms with E-state index in [-0.39, 0.29) is 93.8 Å². The van der Waals surface area contributed by atoms with E-state index < -0.39 is 114 Å². The number of methoxy groups -OCH3 is 3. The number of Topliss-reactive ketones (excluding diaryl/α,β-unsaturated/α-hetero) is 2. The Morgan fingerprint density at radius 3 is 1.69 bits per heavy atom. The van der Waals surface area contributed by atoms with Crippen LogP contribution in [0.4, 0.5) is 0 Å². The van der Waals surface area contributed by atoms with Gasteiger partial charge in [-0.15, -0.1) is 6.58 Å². The van der Waals surface area contributed by atoms with Gasteiger partial charge in [0.2, 0.25) is 5.79 Å². The van der Waals surface area contributed by atoms with Crippen molar-refractivity contribution in [3.05, 3.63) is 36.0 Å². The van der Waals surface area contributed by atoms with Crippen LogP contribution in [0, 0.1) is 41.4 Å². The molecule has 4 rings (SSSR count). The van der Waals surface area contributed by atoms with Gasteiger partial charge >= 0.3 is 29.8 Å². The highest BCUT2D eigenvalue weighted by atomic mass is 16.7. The Bertz CT molecular complexity index is 2650. The Kier molecular flexibility index (Phi) is 47.7. The number of nitrogens with zero attached hydrogens (tertiary/aromatic N) is 1. The fourth-order valence-corrected chi connectivity index (χ4v) is 16.3. The molecule has 2 bridgehead atoms. The second-order valence-electron chi connectivity index (χ2n) is 32.9. The van der Waals surface area contributed by atoms with Gasteiger partial charge in [0.05, 0.1) is 30.3 Å². The lowest BCUT2D eigenvalue weighted by molar-refractivity contribution is -0.302. The van der Waals surface area contributed by atoms with Gasteiger partial charge in [-0.1, -0.05) is 226 Å². The molecule has 0 aromatic rings. The van der Waals surface area contributed by atoms with Crippen molar-refractivity contribution in [3.63, 3.8) is 0 Å². The molecule has 3 heterocycles. The average molecular weight is 1530 g/mol. The van der Waals surface area contributed by atoms with E-state index in [0.29, 0.717) is 82.6 Å². The fraction of sp³-hybridized carbons (Fsp3) is 0.841. The smallest absolute Gasteiger partial charge is 0.329 e. The number of hydrogen-bond donors (Lipinski definition) is 2. The number of piperidine rings is 1. The molecule has 16 atom stereocenters. The van der Waals surface area contributed by atoms with Gasteiger partial charge in [-0.05, 0) is 127 Å². The molecule has 0 spiro atoms. The van der Waals surface area contributed by atoms with Crippen LogP contribution in [-0.2, 0) is 81.0 Å². The van der Waals surface area contributed by atoms with Gasteiger partial charge in [0.25, 0.3) is 11.7 Å². The molecule has 108 heavy (non-hydrogen) atoms. The number of unbranched alkanes of at least 4 members (excludes halogenated alkanes) is 24. The maximum Gasteiger partial charge on any atom is 0.329 e. The number of allylic oxidation sites excluding steroid dienone is 4. The highest BCUT2D eigenvalue weighted by molar-refractivity contribution is 6.39. The van der Waals surface area contributed by atoms with Crippen LogP contribution in [0.5, 0.6) is 0 Å². The number of fused-ring (bicyclic) bond motifs is 3. The van der Waals surface area contributed by atoms with E-state index >= 15 is 0 Å². The predicted molar refractivity (Wildman–Crippen MR) is 421 cm³/mol. The van der Waals surface area contributed by atoms with Gasteiger partial charge in [-0.3, -0.25) is 33.6 Å². The second-order valence-corrected chi connectivity index (χ2v) is 32.9. The van der Waals surface area contributed by atoms with E-state index in [1.807, 2.05) is 32.9 Å². The molecule has 620 valence electrons. The summed E-state index contributed by atoms with van der Waals surface area (Å²) in [6.45, 7) is 20.8. The average Bonchev–Trinajstić information content (AvgIpc) is 0.761. The molecule has 3 unspecified atom stereocenters. The van der Waals surface area contributed by atoms with Crippen molar-refractivity contribution in [1.82, 2.24) is 4.90 Å². The third-order valence-corrected chi connectivity index (χ3v) is 23.3. The van der Waals surface area contributed by atoms with E-state index in [0.717, 1.165) is 44.1 Å². The summed E-state index contributed by atoms with van der Waals surface area (Å²) in [6, 6.07) is -1.23. The molecule has 0 aromatic carbocycles. The molecule has 2 N–H and O–H groups in total. The number of aliphatic hydroxyl groups is 2. The fourth-order valence-electron chi connectivity index (χ4n) is 16.3. The first kappa shape index (κ1) is 95.5. The number of esters is 5. The molecule has 2 saturated heterocycles. The molecule has 1 saturated carbocycles. The molecule has 0 radical (unpaired) electrons. The summed E-state index contributed by atoms with van der Waals surface area (Å²) in [5, 5.41) is 24.4. The van der Waals surface area contributed by atoms with Gasteiger partial charge in [-0.2, -0.15) is 0 Å². The van der Waals surface area contributed by atoms with E-state index in [1.54, 1.807) is 40.9 Å². The third kappa shape index (κ3) is 35.0. The molecular formula is C88H149NO19. The first-order valence-electron chi connectivity index (χ1n) is 42.8. The van der Waals surface area contributed by atoms with Gasteiger partial charge in [0, 0.05) is 71.3 Å². The molecule has 0 aromatic heterocycles. The topological polar surface area (TPSA) is 263 Å². The minimum absolute atomic E-state index is 0.0246. The number of hydrogen-bond acceptors (Lipinski definition) is 19. The lowest BCUT2D eigenvalue weighted by Gasteiger charge is -2.47. The molecule has 3 fully saturated rings. The number of ether oxygens (including phenoxy) is 9. The summed E-state index contributed by atoms with van der Waals surface area (Å²) in [5.41, 5.74) is 1.51. The zero-order valence-electron chi connectivity index (χ0n) is 69.3. The van der Waals surface area contributed by atoms with Gasteiger partial charge in [-0.25, -0.2) is 4.79 Å². The number of aliphatic hydroxyl groups excluding tert-OH is 1. The molecular weight excluding hydrogens is 1370 g/mol. The van der Waals surface area contributed by atoms with Gasteiger partial charge < -0.3 is 57.7 Å². The third-order valence-electron chi connectivity index (χ3n) is 23.3. The van der Waals surface area contributed by atoms with Crippen LogP contribution in [0.3, 0.4) is 0 Å². The van der Waals surface area contributed by atoms with E-state index in [9.17, 15) is 48.6 Å². The van der Waals surface area contributed by atoms with Crippen LogP contribution < -0.4 is 0 Å². The summed E-state index contributed by atoms with van der Waals surface area (Å²) in [6.07, 6.45) is 35.2. The van der Waals surface area contributed by atoms with Crippen molar-refractivity contribution >= 4 is 47.3 Å². The van der Waals surface area contributed by atoms with Crippen LogP contribution in [0.15, 0.2) is 36.0 Å². The predicted octanol–water partition coefficient (Wildman–Crippen LogP) is 17.6. The Morgan fingerprint density at radius 2 is 1.18 bits per heavy atom. The molecule has 1 amide bonds. The van der Waals surface area contributed by atoms with Crippen molar-refractivity contribution in [1.29, 1.82) is 0 Å². The Morgan fingerprint density at radius 1 is 0.657 bits per heavy atom. The maximum atomic E-state index is 14.8. The summed E-state index contributed by atoms with van der Waals surface area (Å²) in [4.78, 5) is 113. The van der Waals surface area contributed by atoms with Crippen LogP contribution in [-0.4, -0.2) is 164 Å². The number of rotatable bonds is 47. The highest BCUT2D eigenvalue weighted by Gasteiger charge is 2.57. The summed E-state index contributed by atoms with van der Waals surface area (Å²) in [7, 11) is 4.60. The maximum absolute atomic E-state index is 14.8. The standard InChI is InChI=1S/C88H149NO19/c1-14-17-19-21-23-25-27-29-31-33-35-37-39-45-79(92)103-60-71(61-104-80(93)46-40-38-36-34-32-30-28-26-24-22-20-18-15-2)105-81(94)55-62(4)47-48-65(7)86(97)106-75-50-49-69(58-76(75)100-11)56-66(8)82-68(10)73(90)59-74(91)70(43-16-3)53-63(5)52-64(6)54-77(101-12)83-78(102-13)57-67(9)88(99,108-83)84(95)85(96)89-51-42-41-44-72(89)87(98)107-82/h16,53,56,62,64-65,67-73,75-78,82-83,90,99H,3,14-15,17-52,54-55,57-61H2,1-2,4-13H3/b63-53+,66-56+/t62?,64-,65?,67+,68+,69?,70+,72-,73-,75+,76+,77-,78-,82+,83+,88+/m0/s1. The Labute approximate surface area is 651 Å². The SMILES string of the molecule is C=CC[C@@H]1/C=C(\C)C[C@H](C)C[C@H](OC)[C@H]2O[C@@](O)(C(=O)C(=O)N3CCCC[C@H]3C(=O)O[C@H](/C(C)=C/C3CC[C@@H](OC(=O)C(C)CCC(C)CC(=O)OC(COC(=O)CCCCCCCCCCCCCCC)COC(=O)CCCCCCCCCCCCCCC)[C@H](OC)C3)[C@H](C)[C@@H](O)CC1=O)[C@H](C)C[C@@H]2OC. The van der Waals surface area contributed by atoms with Crippen LogP contribution in [0.25, 0.3) is 0 Å². The minimum Gasteiger partial charge on any atom is -0.462 e. The Balaban J connectivity index is 1.39. The van der Waals surface area contributed by atoms with Crippen LogP contribution in [0.1, 0.15) is 332 Å². The zero-order valence-corrected chi connectivity index (χ0v) is 69.3. The normalized spacial score (nSPS) is 27.7. The first-order chi connectivity index (χ1) is 51.8. The summed E-state index contributed by atoms with van der Waals surface area (Å²) >= 11 is 0. The van der Waals surface area contributed by atoms with Crippen molar-refractivity contribution < 1.29 is 91.2 Å². The van der Waals surface area contributed by atoms with Crippen LogP contribution in [0.2, 0.25) is 0 Å². The van der Waals surface area contributed by atoms with Crippen molar-refractivity contribution in [3.8, 4) is 0 Å². The van der Waals surface area contributed by atoms with E-state index in [1.165, 1.54) is 135 Å². The molecule has 20 heteroatoms. The molecule has 1 aliphatic carbocycles. The summed E-state index contributed by atoms with van der Waals surface area (Å²) in [5.74, 6) is -10.8. The van der Waals surface area contributed by atoms with Crippen molar-refractivity contribution in [2.45, 2.75) is 393 Å². The quantitative estimate of drug-likeness (QED) is 0.0188. The largest absolute Gasteiger partial charge is 0.462 e. The number of ketones is 2. The monoisotopic (exact) mass is 1520 g/mol. The number of cyclic esters (lactones) is 1. The van der Waals surface area contributed by atoms with Crippen molar-refractivity contribution in [2.24, 2.45) is 41.4 Å². The molecule has 3 aliphatic heterocycles. The summed E-state index contributed by atoms with van der Waals surface area (Å²) < 4.78 is 54.0. The van der Waals surface area contributed by atoms with Gasteiger partial charge in [0.1, 0.15) is 43.4 Å². The number of carbonyl (C=O) groups excluding carboxylic acids is 8. The number of carbonyl (C=O) groups is 8.